The predicted octanol–water partition coefficient (Wildman–Crippen LogP) is 3.63. The summed E-state index contributed by atoms with van der Waals surface area (Å²) in [6.07, 6.45) is 0. The highest BCUT2D eigenvalue weighted by Gasteiger charge is 2.19. The molecular weight excluding hydrogens is 398 g/mol. The van der Waals surface area contributed by atoms with Gasteiger partial charge in [0.05, 0.1) is 30.9 Å². The van der Waals surface area contributed by atoms with Crippen LogP contribution in [0.1, 0.15) is 36.7 Å². The molecule has 8 heteroatoms. The standard InChI is InChI=1S/C23H29N3O5/c1-7-29-19-11-15(12-20(30-8-2)21(19)31-9-3)22(27)24-16-13-18-17(10-14(16)4)25(5)23(28)26(18)6/h10-13H,7-9H2,1-6H3,(H,24,27). The van der Waals surface area contributed by atoms with Crippen LogP contribution in [0, 0.1) is 6.92 Å². The molecule has 0 aliphatic rings. The second-order valence-corrected chi connectivity index (χ2v) is 7.11. The van der Waals surface area contributed by atoms with Crippen LogP contribution >= 0.6 is 0 Å². The number of nitrogens with zero attached hydrogens (tertiary/aromatic N) is 2. The fourth-order valence-electron chi connectivity index (χ4n) is 3.50. The van der Waals surface area contributed by atoms with Crippen molar-refractivity contribution in [2.75, 3.05) is 25.1 Å². The van der Waals surface area contributed by atoms with Gasteiger partial charge in [-0.2, -0.15) is 0 Å². The van der Waals surface area contributed by atoms with Crippen molar-refractivity contribution in [1.82, 2.24) is 9.13 Å². The quantitative estimate of drug-likeness (QED) is 0.593. The van der Waals surface area contributed by atoms with Crippen LogP contribution in [0.4, 0.5) is 5.69 Å². The van der Waals surface area contributed by atoms with E-state index in [-0.39, 0.29) is 11.6 Å². The van der Waals surface area contributed by atoms with Gasteiger partial charge in [0.15, 0.2) is 11.5 Å². The maximum absolute atomic E-state index is 13.1. The third-order valence-electron chi connectivity index (χ3n) is 5.04. The topological polar surface area (TPSA) is 83.7 Å². The molecule has 1 aromatic heterocycles. The average Bonchev–Trinajstić information content (AvgIpc) is 2.94. The number of hydrogen-bond acceptors (Lipinski definition) is 5. The summed E-state index contributed by atoms with van der Waals surface area (Å²) in [5.74, 6) is 1.09. The molecule has 3 aromatic rings. The van der Waals surface area contributed by atoms with Crippen LogP contribution in [0.15, 0.2) is 29.1 Å². The number of fused-ring (bicyclic) bond motifs is 1. The van der Waals surface area contributed by atoms with Crippen LogP contribution in [-0.2, 0) is 14.1 Å². The Bertz CT molecular complexity index is 1150. The Labute approximate surface area is 181 Å². The Morgan fingerprint density at radius 3 is 1.90 bits per heavy atom. The van der Waals surface area contributed by atoms with Crippen LogP contribution in [-0.4, -0.2) is 34.9 Å². The first kappa shape index (κ1) is 22.3. The first-order valence-electron chi connectivity index (χ1n) is 10.4. The lowest BCUT2D eigenvalue weighted by molar-refractivity contribution is 0.102. The molecule has 1 heterocycles. The van der Waals surface area contributed by atoms with Gasteiger partial charge in [-0.25, -0.2) is 4.79 Å². The number of aryl methyl sites for hydroxylation is 3. The zero-order valence-corrected chi connectivity index (χ0v) is 18.9. The third kappa shape index (κ3) is 4.23. The van der Waals surface area contributed by atoms with Crippen molar-refractivity contribution >= 4 is 22.6 Å². The Kier molecular flexibility index (Phi) is 6.58. The molecule has 0 saturated carbocycles. The molecule has 0 saturated heterocycles. The van der Waals surface area contributed by atoms with Gasteiger partial charge in [-0.15, -0.1) is 0 Å². The molecule has 0 fully saturated rings. The number of carbonyl (C=O) groups is 1. The van der Waals surface area contributed by atoms with E-state index in [0.717, 1.165) is 16.6 Å². The van der Waals surface area contributed by atoms with Crippen LogP contribution < -0.4 is 25.2 Å². The van der Waals surface area contributed by atoms with Crippen molar-refractivity contribution < 1.29 is 19.0 Å². The zero-order valence-electron chi connectivity index (χ0n) is 18.9. The SMILES string of the molecule is CCOc1cc(C(=O)Nc2cc3c(cc2C)n(C)c(=O)n3C)cc(OCC)c1OCC. The molecule has 0 aliphatic heterocycles. The van der Waals surface area contributed by atoms with Crippen molar-refractivity contribution in [3.8, 4) is 17.2 Å². The Morgan fingerprint density at radius 1 is 0.871 bits per heavy atom. The molecule has 1 amide bonds. The van der Waals surface area contributed by atoms with Gasteiger partial charge < -0.3 is 19.5 Å². The first-order chi connectivity index (χ1) is 14.8. The highest BCUT2D eigenvalue weighted by atomic mass is 16.5. The fraction of sp³-hybridized carbons (Fsp3) is 0.391. The molecule has 0 bridgehead atoms. The second kappa shape index (κ2) is 9.16. The normalized spacial score (nSPS) is 10.9. The summed E-state index contributed by atoms with van der Waals surface area (Å²) in [7, 11) is 3.44. The summed E-state index contributed by atoms with van der Waals surface area (Å²) in [6.45, 7) is 8.80. The van der Waals surface area contributed by atoms with Gasteiger partial charge in [0.2, 0.25) is 5.75 Å². The summed E-state index contributed by atoms with van der Waals surface area (Å²) in [6, 6.07) is 7.00. The number of rotatable bonds is 8. The van der Waals surface area contributed by atoms with Gasteiger partial charge >= 0.3 is 5.69 Å². The minimum atomic E-state index is -0.312. The molecule has 31 heavy (non-hydrogen) atoms. The van der Waals surface area contributed by atoms with Crippen molar-refractivity contribution in [3.05, 3.63) is 45.9 Å². The maximum atomic E-state index is 13.1. The van der Waals surface area contributed by atoms with E-state index in [1.54, 1.807) is 35.4 Å². The highest BCUT2D eigenvalue weighted by molar-refractivity contribution is 6.06. The molecule has 0 aliphatic carbocycles. The summed E-state index contributed by atoms with van der Waals surface area (Å²) in [5.41, 5.74) is 3.29. The Balaban J connectivity index is 2.02. The molecule has 166 valence electrons. The molecule has 8 nitrogen and oxygen atoms in total. The van der Waals surface area contributed by atoms with E-state index in [9.17, 15) is 9.59 Å². The minimum absolute atomic E-state index is 0.118. The van der Waals surface area contributed by atoms with E-state index in [2.05, 4.69) is 5.32 Å². The van der Waals surface area contributed by atoms with Crippen molar-refractivity contribution in [2.24, 2.45) is 14.1 Å². The second-order valence-electron chi connectivity index (χ2n) is 7.11. The van der Waals surface area contributed by atoms with Crippen LogP contribution in [0.5, 0.6) is 17.2 Å². The number of amides is 1. The van der Waals surface area contributed by atoms with Gasteiger partial charge in [0, 0.05) is 25.3 Å². The molecule has 1 N–H and O–H groups in total. The summed E-state index contributed by atoms with van der Waals surface area (Å²) < 4.78 is 20.3. The maximum Gasteiger partial charge on any atom is 0.328 e. The predicted molar refractivity (Wildman–Crippen MR) is 121 cm³/mol. The Hall–Kier alpha value is -3.42. The largest absolute Gasteiger partial charge is 0.490 e. The number of aromatic nitrogens is 2. The molecule has 0 unspecified atom stereocenters. The van der Waals surface area contributed by atoms with Crippen LogP contribution in [0.3, 0.4) is 0 Å². The number of ether oxygens (including phenoxy) is 3. The van der Waals surface area contributed by atoms with E-state index in [0.29, 0.717) is 48.3 Å². The molecule has 2 aromatic carbocycles. The monoisotopic (exact) mass is 427 g/mol. The van der Waals surface area contributed by atoms with Gasteiger partial charge in [-0.1, -0.05) is 0 Å². The summed E-state index contributed by atoms with van der Waals surface area (Å²) in [4.78, 5) is 25.3. The number of imidazole rings is 1. The average molecular weight is 428 g/mol. The van der Waals surface area contributed by atoms with E-state index in [4.69, 9.17) is 14.2 Å². The van der Waals surface area contributed by atoms with Gasteiger partial charge in [0.25, 0.3) is 5.91 Å². The molecule has 0 spiro atoms. The van der Waals surface area contributed by atoms with E-state index >= 15 is 0 Å². The van der Waals surface area contributed by atoms with E-state index in [1.165, 1.54) is 0 Å². The van der Waals surface area contributed by atoms with Gasteiger partial charge in [-0.05, 0) is 57.5 Å². The number of anilines is 1. The molecule has 0 atom stereocenters. The lowest BCUT2D eigenvalue weighted by atomic mass is 10.1. The van der Waals surface area contributed by atoms with Crippen molar-refractivity contribution in [1.29, 1.82) is 0 Å². The first-order valence-corrected chi connectivity index (χ1v) is 10.4. The van der Waals surface area contributed by atoms with E-state index < -0.39 is 0 Å². The molecule has 0 radical (unpaired) electrons. The lowest BCUT2D eigenvalue weighted by Crippen LogP contribution is -2.19. The van der Waals surface area contributed by atoms with Crippen molar-refractivity contribution in [3.63, 3.8) is 0 Å². The molecular formula is C23H29N3O5. The number of carbonyl (C=O) groups excluding carboxylic acids is 1. The van der Waals surface area contributed by atoms with Crippen LogP contribution in [0.2, 0.25) is 0 Å². The van der Waals surface area contributed by atoms with Crippen molar-refractivity contribution in [2.45, 2.75) is 27.7 Å². The third-order valence-corrected chi connectivity index (χ3v) is 5.04. The number of hydrogen-bond donors (Lipinski definition) is 1. The summed E-state index contributed by atoms with van der Waals surface area (Å²) in [5, 5.41) is 2.95. The smallest absolute Gasteiger partial charge is 0.328 e. The zero-order chi connectivity index (χ0) is 22.7. The number of benzene rings is 2. The van der Waals surface area contributed by atoms with Gasteiger partial charge in [-0.3, -0.25) is 13.9 Å². The minimum Gasteiger partial charge on any atom is -0.490 e. The lowest BCUT2D eigenvalue weighted by Gasteiger charge is -2.17. The fourth-order valence-corrected chi connectivity index (χ4v) is 3.50. The van der Waals surface area contributed by atoms with Crippen LogP contribution in [0.25, 0.3) is 11.0 Å². The molecule has 3 rings (SSSR count). The summed E-state index contributed by atoms with van der Waals surface area (Å²) >= 11 is 0. The van der Waals surface area contributed by atoms with E-state index in [1.807, 2.05) is 39.8 Å². The highest BCUT2D eigenvalue weighted by Crippen LogP contribution is 2.39. The Morgan fingerprint density at radius 2 is 1.39 bits per heavy atom. The number of nitrogens with one attached hydrogen (secondary N) is 1. The van der Waals surface area contributed by atoms with Gasteiger partial charge in [0.1, 0.15) is 0 Å².